The van der Waals surface area contributed by atoms with Crippen LogP contribution in [0.1, 0.15) is 27.0 Å². The third-order valence-corrected chi connectivity index (χ3v) is 5.85. The Balaban J connectivity index is 2.32. The average Bonchev–Trinajstić information content (AvgIpc) is 2.95. The van der Waals surface area contributed by atoms with Crippen LogP contribution >= 0.6 is 34.8 Å². The van der Waals surface area contributed by atoms with Crippen molar-refractivity contribution in [2.45, 2.75) is 44.3 Å². The van der Waals surface area contributed by atoms with Crippen LogP contribution in [0.5, 0.6) is 0 Å². The number of nitrogens with zero attached hydrogens (tertiary/aromatic N) is 2. The van der Waals surface area contributed by atoms with Crippen molar-refractivity contribution in [1.82, 2.24) is 9.55 Å². The maximum absolute atomic E-state index is 12.3. The number of fused-ring (bicyclic) bond motifs is 1. The molecule has 0 unspecified atom stereocenters. The molecule has 1 aliphatic rings. The highest BCUT2D eigenvalue weighted by Gasteiger charge is 2.70. The molecular formula is C16H15Cl3N2O5. The maximum atomic E-state index is 12.3. The number of hydrogen-bond donors (Lipinski definition) is 2. The molecule has 0 spiro atoms. The fourth-order valence-electron chi connectivity index (χ4n) is 3.42. The number of carbonyl (C=O) groups excluding carboxylic acids is 2. The summed E-state index contributed by atoms with van der Waals surface area (Å²) in [5.74, 6) is -1.67. The van der Waals surface area contributed by atoms with Crippen LogP contribution in [0.2, 0.25) is 15.3 Å². The molecule has 140 valence electrons. The van der Waals surface area contributed by atoms with E-state index in [-0.39, 0.29) is 15.3 Å². The third kappa shape index (κ3) is 2.35. The minimum absolute atomic E-state index is 0.136. The predicted octanol–water partition coefficient (Wildman–Crippen LogP) is 2.55. The lowest BCUT2D eigenvalue weighted by Crippen LogP contribution is -2.65. The van der Waals surface area contributed by atoms with Crippen LogP contribution in [0.3, 0.4) is 0 Å². The van der Waals surface area contributed by atoms with E-state index < -0.39 is 35.1 Å². The number of imidazole rings is 1. The lowest BCUT2D eigenvalue weighted by atomic mass is 9.75. The molecule has 1 aromatic heterocycles. The van der Waals surface area contributed by atoms with Crippen molar-refractivity contribution in [2.75, 3.05) is 0 Å². The number of rotatable bonds is 3. The third-order valence-electron chi connectivity index (χ3n) is 4.86. The van der Waals surface area contributed by atoms with Gasteiger partial charge in [-0.1, -0.05) is 23.2 Å². The molecule has 1 saturated heterocycles. The molecule has 1 aromatic carbocycles. The fraction of sp³-hybridized carbons (Fsp3) is 0.438. The summed E-state index contributed by atoms with van der Waals surface area (Å²) in [6.07, 6.45) is -2.69. The van der Waals surface area contributed by atoms with Crippen molar-refractivity contribution < 1.29 is 24.5 Å². The minimum atomic E-state index is -2.58. The normalized spacial score (nSPS) is 31.5. The summed E-state index contributed by atoms with van der Waals surface area (Å²) in [5, 5.41) is 22.3. The van der Waals surface area contributed by atoms with Crippen molar-refractivity contribution in [3.8, 4) is 0 Å². The highest BCUT2D eigenvalue weighted by atomic mass is 35.5. The Hall–Kier alpha value is -1.22. The van der Waals surface area contributed by atoms with Crippen molar-refractivity contribution in [1.29, 1.82) is 0 Å². The Labute approximate surface area is 163 Å². The molecule has 0 radical (unpaired) electrons. The molecule has 2 aromatic rings. The van der Waals surface area contributed by atoms with E-state index in [1.165, 1.54) is 23.6 Å². The van der Waals surface area contributed by atoms with Gasteiger partial charge in [-0.15, -0.1) is 0 Å². The maximum Gasteiger partial charge on any atom is 0.206 e. The lowest BCUT2D eigenvalue weighted by Gasteiger charge is -2.36. The van der Waals surface area contributed by atoms with Crippen LogP contribution in [-0.4, -0.2) is 48.6 Å². The first-order valence-corrected chi connectivity index (χ1v) is 8.74. The first kappa shape index (κ1) is 19.5. The van der Waals surface area contributed by atoms with E-state index in [4.69, 9.17) is 39.5 Å². The molecule has 4 atom stereocenters. The van der Waals surface area contributed by atoms with Crippen LogP contribution in [0.4, 0.5) is 0 Å². The number of benzene rings is 1. The minimum Gasteiger partial charge on any atom is -0.376 e. The summed E-state index contributed by atoms with van der Waals surface area (Å²) >= 11 is 18.2. The quantitative estimate of drug-likeness (QED) is 0.790. The van der Waals surface area contributed by atoms with Gasteiger partial charge in [-0.2, -0.15) is 0 Å². The monoisotopic (exact) mass is 420 g/mol. The van der Waals surface area contributed by atoms with Gasteiger partial charge in [0.15, 0.2) is 23.4 Å². The Morgan fingerprint density at radius 2 is 1.65 bits per heavy atom. The molecule has 0 aliphatic carbocycles. The van der Waals surface area contributed by atoms with Crippen molar-refractivity contribution in [3.63, 3.8) is 0 Å². The van der Waals surface area contributed by atoms with Crippen LogP contribution in [0.15, 0.2) is 12.1 Å². The molecule has 7 nitrogen and oxygen atoms in total. The van der Waals surface area contributed by atoms with Gasteiger partial charge in [-0.05, 0) is 44.5 Å². The Kier molecular flexibility index (Phi) is 4.62. The van der Waals surface area contributed by atoms with Gasteiger partial charge in [-0.3, -0.25) is 14.2 Å². The van der Waals surface area contributed by atoms with Crippen LogP contribution in [0, 0.1) is 0 Å². The summed E-state index contributed by atoms with van der Waals surface area (Å²) in [7, 11) is 0. The molecule has 2 N–H and O–H groups in total. The number of carbonyl (C=O) groups is 2. The van der Waals surface area contributed by atoms with Crippen LogP contribution < -0.4 is 0 Å². The van der Waals surface area contributed by atoms with E-state index in [0.29, 0.717) is 11.0 Å². The highest BCUT2D eigenvalue weighted by molar-refractivity contribution is 6.42. The van der Waals surface area contributed by atoms with Gasteiger partial charge < -0.3 is 14.9 Å². The van der Waals surface area contributed by atoms with Gasteiger partial charge in [0.2, 0.25) is 10.9 Å². The zero-order chi connectivity index (χ0) is 19.6. The molecular weight excluding hydrogens is 407 g/mol. The molecule has 0 bridgehead atoms. The smallest absolute Gasteiger partial charge is 0.206 e. The SMILES string of the molecule is CC(=O)[C@@]1(O)[C@@H](C)O[C@@H](n2c(Cl)nc3cc(Cl)c(Cl)cc32)[C@@]1(O)C(C)=O. The van der Waals surface area contributed by atoms with Gasteiger partial charge in [0, 0.05) is 0 Å². The molecule has 10 heteroatoms. The average molecular weight is 422 g/mol. The number of aromatic nitrogens is 2. The van der Waals surface area contributed by atoms with Gasteiger partial charge in [0.25, 0.3) is 0 Å². The number of ketones is 2. The van der Waals surface area contributed by atoms with Gasteiger partial charge in [-0.25, -0.2) is 4.98 Å². The van der Waals surface area contributed by atoms with Crippen molar-refractivity contribution in [2.24, 2.45) is 0 Å². The summed E-state index contributed by atoms with van der Waals surface area (Å²) in [4.78, 5) is 28.6. The van der Waals surface area contributed by atoms with E-state index in [1.807, 2.05) is 0 Å². The van der Waals surface area contributed by atoms with E-state index in [2.05, 4.69) is 4.98 Å². The van der Waals surface area contributed by atoms with Crippen molar-refractivity contribution >= 4 is 57.4 Å². The molecule has 3 rings (SSSR count). The van der Waals surface area contributed by atoms with Crippen LogP contribution in [-0.2, 0) is 14.3 Å². The topological polar surface area (TPSA) is 102 Å². The largest absolute Gasteiger partial charge is 0.376 e. The first-order valence-electron chi connectivity index (χ1n) is 7.61. The number of Topliss-reactive ketones (excluding diaryl/α,β-unsaturated/α-hetero) is 2. The van der Waals surface area contributed by atoms with Gasteiger partial charge in [0.05, 0.1) is 27.2 Å². The van der Waals surface area contributed by atoms with Crippen LogP contribution in [0.25, 0.3) is 11.0 Å². The molecule has 1 fully saturated rings. The molecule has 2 heterocycles. The van der Waals surface area contributed by atoms with Crippen molar-refractivity contribution in [3.05, 3.63) is 27.5 Å². The standard InChI is InChI=1S/C16H15Cl3N2O5/c1-6(22)15(24)8(3)26-13(16(15,25)7(2)23)21-12-5-10(18)9(17)4-11(12)20-14(21)19/h4-5,8,13,24-25H,1-3H3/t8-,13-,15-,16+/m1/s1. The van der Waals surface area contributed by atoms with Gasteiger partial charge >= 0.3 is 0 Å². The number of halogens is 3. The highest BCUT2D eigenvalue weighted by Crippen LogP contribution is 2.49. The Morgan fingerprint density at radius 3 is 2.19 bits per heavy atom. The van der Waals surface area contributed by atoms with E-state index in [1.54, 1.807) is 0 Å². The first-order chi connectivity index (χ1) is 12.0. The summed E-state index contributed by atoms with van der Waals surface area (Å²) in [5.41, 5.74) is -4.39. The number of ether oxygens (including phenoxy) is 1. The fourth-order valence-corrected chi connectivity index (χ4v) is 4.00. The van der Waals surface area contributed by atoms with E-state index in [0.717, 1.165) is 13.8 Å². The predicted molar refractivity (Wildman–Crippen MR) is 95.6 cm³/mol. The zero-order valence-corrected chi connectivity index (χ0v) is 16.2. The lowest BCUT2D eigenvalue weighted by molar-refractivity contribution is -0.180. The molecule has 0 amide bonds. The summed E-state index contributed by atoms with van der Waals surface area (Å²) in [6.45, 7) is 3.51. The second-order valence-electron chi connectivity index (χ2n) is 6.28. The van der Waals surface area contributed by atoms with E-state index >= 15 is 0 Å². The van der Waals surface area contributed by atoms with E-state index in [9.17, 15) is 19.8 Å². The molecule has 1 aliphatic heterocycles. The molecule has 0 saturated carbocycles. The summed E-state index contributed by atoms with van der Waals surface area (Å²) in [6, 6.07) is 2.90. The second-order valence-corrected chi connectivity index (χ2v) is 7.43. The number of hydrogen-bond acceptors (Lipinski definition) is 6. The Morgan fingerprint density at radius 1 is 1.12 bits per heavy atom. The number of aliphatic hydroxyl groups is 2. The van der Waals surface area contributed by atoms with Gasteiger partial charge in [0.1, 0.15) is 0 Å². The summed E-state index contributed by atoms with van der Waals surface area (Å²) < 4.78 is 6.85. The second kappa shape index (κ2) is 6.15. The molecule has 26 heavy (non-hydrogen) atoms. The Bertz CT molecular complexity index is 946. The zero-order valence-electron chi connectivity index (χ0n) is 14.0.